The summed E-state index contributed by atoms with van der Waals surface area (Å²) in [6.45, 7) is 3.69. The van der Waals surface area contributed by atoms with Gasteiger partial charge in [0, 0.05) is 11.4 Å². The maximum Gasteiger partial charge on any atom is 0.325 e. The Kier molecular flexibility index (Phi) is 5.28. The van der Waals surface area contributed by atoms with Gasteiger partial charge >= 0.3 is 6.03 Å². The molecule has 1 aromatic heterocycles. The number of nitrogens with zero attached hydrogens (tertiary/aromatic N) is 1. The van der Waals surface area contributed by atoms with Crippen LogP contribution in [0.25, 0.3) is 0 Å². The highest BCUT2D eigenvalue weighted by molar-refractivity contribution is 7.17. The van der Waals surface area contributed by atoms with Crippen LogP contribution in [0.3, 0.4) is 0 Å². The number of benzene rings is 2. The largest absolute Gasteiger partial charge is 0.325 e. The second-order valence-electron chi connectivity index (χ2n) is 5.70. The fourth-order valence-corrected chi connectivity index (χ4v) is 3.21. The van der Waals surface area contributed by atoms with Crippen LogP contribution in [0.5, 0.6) is 0 Å². The van der Waals surface area contributed by atoms with Crippen molar-refractivity contribution >= 4 is 39.8 Å². The zero-order valence-electron chi connectivity index (χ0n) is 14.4. The molecule has 0 unspecified atom stereocenters. The molecular formula is C19H18N4O2S. The molecule has 0 aliphatic carbocycles. The smallest absolute Gasteiger partial charge is 0.321 e. The number of thiazole rings is 1. The number of aromatic nitrogens is 1. The zero-order valence-corrected chi connectivity index (χ0v) is 15.2. The van der Waals surface area contributed by atoms with Gasteiger partial charge in [0.05, 0.1) is 5.69 Å². The summed E-state index contributed by atoms with van der Waals surface area (Å²) < 4.78 is 0. The molecular weight excluding hydrogens is 348 g/mol. The third-order valence-electron chi connectivity index (χ3n) is 3.53. The first-order valence-corrected chi connectivity index (χ1v) is 8.81. The lowest BCUT2D eigenvalue weighted by molar-refractivity contribution is 0.103. The van der Waals surface area contributed by atoms with Crippen LogP contribution < -0.4 is 16.0 Å². The van der Waals surface area contributed by atoms with Crippen molar-refractivity contribution in [3.8, 4) is 0 Å². The molecule has 0 saturated carbocycles. The molecule has 132 valence electrons. The van der Waals surface area contributed by atoms with E-state index in [4.69, 9.17) is 0 Å². The van der Waals surface area contributed by atoms with Crippen molar-refractivity contribution in [2.75, 3.05) is 16.0 Å². The minimum atomic E-state index is -0.403. The first-order valence-electron chi connectivity index (χ1n) is 8.00. The fraction of sp³-hybridized carbons (Fsp3) is 0.105. The molecule has 6 nitrogen and oxygen atoms in total. The number of anilines is 3. The van der Waals surface area contributed by atoms with Crippen molar-refractivity contribution in [3.63, 3.8) is 0 Å². The number of rotatable bonds is 4. The standard InChI is InChI=1S/C19H18N4O2S/c1-12-7-6-10-15(11-12)22-18(25)23-19-20-13(2)16(26-19)17(24)21-14-8-4-3-5-9-14/h3-11H,1-2H3,(H,21,24)(H2,20,22,23,25). The van der Waals surface area contributed by atoms with Crippen LogP contribution in [0.4, 0.5) is 21.3 Å². The van der Waals surface area contributed by atoms with Crippen molar-refractivity contribution in [1.29, 1.82) is 0 Å². The monoisotopic (exact) mass is 366 g/mol. The van der Waals surface area contributed by atoms with Crippen molar-refractivity contribution < 1.29 is 9.59 Å². The highest BCUT2D eigenvalue weighted by Gasteiger charge is 2.16. The average Bonchev–Trinajstić information content (AvgIpc) is 2.96. The lowest BCUT2D eigenvalue weighted by Gasteiger charge is -2.05. The minimum Gasteiger partial charge on any atom is -0.321 e. The summed E-state index contributed by atoms with van der Waals surface area (Å²) in [5.41, 5.74) is 3.01. The SMILES string of the molecule is Cc1cccc(NC(=O)Nc2nc(C)c(C(=O)Nc3ccccc3)s2)c1. The third-order valence-corrected chi connectivity index (χ3v) is 4.60. The van der Waals surface area contributed by atoms with Gasteiger partial charge in [0.25, 0.3) is 5.91 Å². The summed E-state index contributed by atoms with van der Waals surface area (Å²) in [5.74, 6) is -0.252. The van der Waals surface area contributed by atoms with E-state index in [1.807, 2.05) is 55.5 Å². The maximum absolute atomic E-state index is 12.4. The van der Waals surface area contributed by atoms with Crippen molar-refractivity contribution in [2.24, 2.45) is 0 Å². The summed E-state index contributed by atoms with van der Waals surface area (Å²) in [5, 5.41) is 8.59. The number of urea groups is 1. The first-order chi connectivity index (χ1) is 12.5. The van der Waals surface area contributed by atoms with E-state index in [2.05, 4.69) is 20.9 Å². The number of hydrogen-bond acceptors (Lipinski definition) is 4. The highest BCUT2D eigenvalue weighted by Crippen LogP contribution is 2.24. The predicted octanol–water partition coefficient (Wildman–Crippen LogP) is 4.66. The van der Waals surface area contributed by atoms with Gasteiger partial charge in [-0.15, -0.1) is 0 Å². The van der Waals surface area contributed by atoms with E-state index in [-0.39, 0.29) is 5.91 Å². The summed E-state index contributed by atoms with van der Waals surface area (Å²) in [6, 6.07) is 16.3. The Morgan fingerprint density at radius 3 is 2.35 bits per heavy atom. The molecule has 3 amide bonds. The Morgan fingerprint density at radius 1 is 0.885 bits per heavy atom. The Balaban J connectivity index is 1.65. The average molecular weight is 366 g/mol. The lowest BCUT2D eigenvalue weighted by atomic mass is 10.2. The molecule has 0 spiro atoms. The third kappa shape index (κ3) is 4.46. The number of aryl methyl sites for hydroxylation is 2. The van der Waals surface area contributed by atoms with Gasteiger partial charge < -0.3 is 10.6 Å². The van der Waals surface area contributed by atoms with E-state index < -0.39 is 6.03 Å². The molecule has 0 fully saturated rings. The van der Waals surface area contributed by atoms with Gasteiger partial charge in [-0.2, -0.15) is 0 Å². The normalized spacial score (nSPS) is 10.2. The maximum atomic E-state index is 12.4. The molecule has 1 heterocycles. The van der Waals surface area contributed by atoms with E-state index in [0.29, 0.717) is 27.1 Å². The van der Waals surface area contributed by atoms with Crippen LogP contribution in [0.15, 0.2) is 54.6 Å². The van der Waals surface area contributed by atoms with Gasteiger partial charge in [0.15, 0.2) is 5.13 Å². The molecule has 26 heavy (non-hydrogen) atoms. The van der Waals surface area contributed by atoms with Crippen molar-refractivity contribution in [3.05, 3.63) is 70.7 Å². The second kappa shape index (κ2) is 7.79. The lowest BCUT2D eigenvalue weighted by Crippen LogP contribution is -2.19. The molecule has 3 aromatic rings. The van der Waals surface area contributed by atoms with Crippen LogP contribution in [-0.4, -0.2) is 16.9 Å². The van der Waals surface area contributed by atoms with E-state index in [9.17, 15) is 9.59 Å². The van der Waals surface area contributed by atoms with Crippen LogP contribution in [0, 0.1) is 13.8 Å². The molecule has 0 bridgehead atoms. The summed E-state index contributed by atoms with van der Waals surface area (Å²) >= 11 is 1.13. The van der Waals surface area contributed by atoms with Gasteiger partial charge in [-0.1, -0.05) is 41.7 Å². The molecule has 7 heteroatoms. The van der Waals surface area contributed by atoms with Crippen LogP contribution in [0.1, 0.15) is 20.9 Å². The van der Waals surface area contributed by atoms with Gasteiger partial charge in [0.2, 0.25) is 0 Å². The van der Waals surface area contributed by atoms with Gasteiger partial charge in [-0.25, -0.2) is 9.78 Å². The molecule has 2 aromatic carbocycles. The van der Waals surface area contributed by atoms with E-state index >= 15 is 0 Å². The Bertz CT molecular complexity index is 938. The molecule has 0 radical (unpaired) electrons. The summed E-state index contributed by atoms with van der Waals surface area (Å²) in [6.07, 6.45) is 0. The van der Waals surface area contributed by atoms with Crippen LogP contribution in [0.2, 0.25) is 0 Å². The molecule has 0 saturated heterocycles. The van der Waals surface area contributed by atoms with Crippen LogP contribution >= 0.6 is 11.3 Å². The number of para-hydroxylation sites is 1. The number of amides is 3. The molecule has 0 aliphatic rings. The van der Waals surface area contributed by atoms with E-state index in [1.165, 1.54) is 0 Å². The number of carbonyl (C=O) groups excluding carboxylic acids is 2. The number of hydrogen-bond donors (Lipinski definition) is 3. The summed E-state index contributed by atoms with van der Waals surface area (Å²) in [7, 11) is 0. The molecule has 0 atom stereocenters. The van der Waals surface area contributed by atoms with E-state index in [0.717, 1.165) is 16.9 Å². The van der Waals surface area contributed by atoms with Crippen LogP contribution in [-0.2, 0) is 0 Å². The Labute approximate surface area is 155 Å². The zero-order chi connectivity index (χ0) is 18.5. The quantitative estimate of drug-likeness (QED) is 0.628. The van der Waals surface area contributed by atoms with Gasteiger partial charge in [0.1, 0.15) is 4.88 Å². The summed E-state index contributed by atoms with van der Waals surface area (Å²) in [4.78, 5) is 29.2. The second-order valence-corrected chi connectivity index (χ2v) is 6.70. The van der Waals surface area contributed by atoms with Gasteiger partial charge in [-0.05, 0) is 43.7 Å². The van der Waals surface area contributed by atoms with Gasteiger partial charge in [-0.3, -0.25) is 10.1 Å². The molecule has 3 rings (SSSR count). The van der Waals surface area contributed by atoms with Crippen molar-refractivity contribution in [1.82, 2.24) is 4.98 Å². The Hall–Kier alpha value is -3.19. The molecule has 3 N–H and O–H groups in total. The number of nitrogens with one attached hydrogen (secondary N) is 3. The predicted molar refractivity (Wildman–Crippen MR) is 105 cm³/mol. The molecule has 0 aliphatic heterocycles. The minimum absolute atomic E-state index is 0.252. The van der Waals surface area contributed by atoms with E-state index in [1.54, 1.807) is 13.0 Å². The number of carbonyl (C=O) groups is 2. The highest BCUT2D eigenvalue weighted by atomic mass is 32.1. The topological polar surface area (TPSA) is 83.1 Å². The Morgan fingerprint density at radius 2 is 1.62 bits per heavy atom. The first kappa shape index (κ1) is 17.6. The van der Waals surface area contributed by atoms with Crippen molar-refractivity contribution in [2.45, 2.75) is 13.8 Å². The fourth-order valence-electron chi connectivity index (χ4n) is 2.35.